The predicted octanol–water partition coefficient (Wildman–Crippen LogP) is 3.96. The molecule has 2 N–H and O–H groups in total. The number of rotatable bonds is 6. The lowest BCUT2D eigenvalue weighted by Gasteiger charge is -2.36. The molecule has 0 spiro atoms. The molecule has 1 aliphatic heterocycles. The number of amides is 3. The lowest BCUT2D eigenvalue weighted by molar-refractivity contribution is -0.127. The maximum Gasteiger partial charge on any atom is 0.253 e. The average Bonchev–Trinajstić information content (AvgIpc) is 2.90. The topological polar surface area (TPSA) is 78.5 Å². The Morgan fingerprint density at radius 2 is 1.41 bits per heavy atom. The molecule has 6 heteroatoms. The van der Waals surface area contributed by atoms with Crippen LogP contribution in [-0.2, 0) is 11.2 Å². The highest BCUT2D eigenvalue weighted by atomic mass is 16.2. The summed E-state index contributed by atoms with van der Waals surface area (Å²) in [5.74, 6) is -0.104. The molecule has 1 aliphatic carbocycles. The minimum atomic E-state index is -0.0982. The number of nitrogens with one attached hydrogen (secondary N) is 2. The van der Waals surface area contributed by atoms with E-state index in [1.54, 1.807) is 12.1 Å². The van der Waals surface area contributed by atoms with Crippen LogP contribution in [0.25, 0.3) is 0 Å². The standard InChI is InChI=1S/C28H35N3O3/c1-2-20-12-14-23(15-13-20)28(34)31-18-16-22(17-19-31)27(33)30-25-11-7-6-10-24(25)29-26(32)21-8-4-3-5-9-21/h3-5,8-9,12-15,22,24-25H,2,6-7,10-11,16-19H2,1H3,(H,29,32)(H,30,33)/t24-,25-/m1/s1. The van der Waals surface area contributed by atoms with Crippen LogP contribution in [0.5, 0.6) is 0 Å². The monoisotopic (exact) mass is 461 g/mol. The van der Waals surface area contributed by atoms with Crippen LogP contribution < -0.4 is 10.6 Å². The van der Waals surface area contributed by atoms with Gasteiger partial charge in [-0.1, -0.05) is 50.1 Å². The Kier molecular flexibility index (Phi) is 7.99. The van der Waals surface area contributed by atoms with Crippen molar-refractivity contribution in [3.63, 3.8) is 0 Å². The van der Waals surface area contributed by atoms with Gasteiger partial charge in [0.05, 0.1) is 0 Å². The van der Waals surface area contributed by atoms with E-state index in [0.717, 1.165) is 32.1 Å². The molecule has 0 unspecified atom stereocenters. The van der Waals surface area contributed by atoms with Crippen molar-refractivity contribution in [1.82, 2.24) is 15.5 Å². The van der Waals surface area contributed by atoms with Crippen LogP contribution in [0.4, 0.5) is 0 Å². The largest absolute Gasteiger partial charge is 0.351 e. The van der Waals surface area contributed by atoms with Crippen molar-refractivity contribution in [3.05, 3.63) is 71.3 Å². The highest BCUT2D eigenvalue weighted by molar-refractivity contribution is 5.95. The van der Waals surface area contributed by atoms with Gasteiger partial charge in [0.1, 0.15) is 0 Å². The first-order chi connectivity index (χ1) is 16.5. The summed E-state index contributed by atoms with van der Waals surface area (Å²) >= 11 is 0. The number of benzene rings is 2. The Hall–Kier alpha value is -3.15. The quantitative estimate of drug-likeness (QED) is 0.684. The van der Waals surface area contributed by atoms with Crippen LogP contribution in [-0.4, -0.2) is 47.8 Å². The first-order valence-electron chi connectivity index (χ1n) is 12.6. The van der Waals surface area contributed by atoms with Crippen LogP contribution >= 0.6 is 0 Å². The van der Waals surface area contributed by atoms with E-state index in [1.165, 1.54) is 5.56 Å². The summed E-state index contributed by atoms with van der Waals surface area (Å²) < 4.78 is 0. The molecule has 2 aliphatic rings. The molecule has 180 valence electrons. The fourth-order valence-electron chi connectivity index (χ4n) is 5.03. The van der Waals surface area contributed by atoms with Crippen molar-refractivity contribution in [2.75, 3.05) is 13.1 Å². The van der Waals surface area contributed by atoms with Crippen LogP contribution in [0.15, 0.2) is 54.6 Å². The fraction of sp³-hybridized carbons (Fsp3) is 0.464. The normalized spacial score (nSPS) is 21.0. The molecule has 1 saturated heterocycles. The van der Waals surface area contributed by atoms with Crippen LogP contribution in [0.3, 0.4) is 0 Å². The van der Waals surface area contributed by atoms with Gasteiger partial charge in [0.2, 0.25) is 5.91 Å². The average molecular weight is 462 g/mol. The van der Waals surface area contributed by atoms with E-state index in [9.17, 15) is 14.4 Å². The molecule has 1 saturated carbocycles. The van der Waals surface area contributed by atoms with E-state index in [-0.39, 0.29) is 35.7 Å². The summed E-state index contributed by atoms with van der Waals surface area (Å²) in [6.07, 6.45) is 6.12. The van der Waals surface area contributed by atoms with Gasteiger partial charge in [0, 0.05) is 42.2 Å². The van der Waals surface area contributed by atoms with E-state index in [4.69, 9.17) is 0 Å². The highest BCUT2D eigenvalue weighted by Gasteiger charge is 2.32. The van der Waals surface area contributed by atoms with Gasteiger partial charge in [-0.05, 0) is 61.9 Å². The lowest BCUT2D eigenvalue weighted by atomic mass is 9.88. The number of likely N-dealkylation sites (tertiary alicyclic amines) is 1. The Morgan fingerprint density at radius 1 is 0.794 bits per heavy atom. The zero-order valence-corrected chi connectivity index (χ0v) is 20.0. The second-order valence-electron chi connectivity index (χ2n) is 9.46. The van der Waals surface area contributed by atoms with Gasteiger partial charge in [-0.2, -0.15) is 0 Å². The molecular formula is C28H35N3O3. The van der Waals surface area contributed by atoms with Gasteiger partial charge in [0.15, 0.2) is 0 Å². The molecule has 34 heavy (non-hydrogen) atoms. The van der Waals surface area contributed by atoms with Gasteiger partial charge < -0.3 is 15.5 Å². The van der Waals surface area contributed by atoms with Crippen LogP contribution in [0.2, 0.25) is 0 Å². The van der Waals surface area contributed by atoms with E-state index in [1.807, 2.05) is 47.4 Å². The number of aryl methyl sites for hydroxylation is 1. The third kappa shape index (κ3) is 5.85. The Balaban J connectivity index is 1.29. The van der Waals surface area contributed by atoms with Crippen molar-refractivity contribution in [2.45, 2.75) is 64.0 Å². The molecule has 4 rings (SSSR count). The molecule has 2 aromatic rings. The Labute approximate surface area is 202 Å². The molecule has 1 heterocycles. The molecule has 6 nitrogen and oxygen atoms in total. The molecule has 0 radical (unpaired) electrons. The molecule has 0 aromatic heterocycles. The number of carbonyl (C=O) groups excluding carboxylic acids is 3. The summed E-state index contributed by atoms with van der Waals surface area (Å²) in [5.41, 5.74) is 2.56. The first-order valence-corrected chi connectivity index (χ1v) is 12.6. The van der Waals surface area contributed by atoms with Crippen molar-refractivity contribution in [1.29, 1.82) is 0 Å². The summed E-state index contributed by atoms with van der Waals surface area (Å²) in [6.45, 7) is 3.27. The van der Waals surface area contributed by atoms with E-state index in [2.05, 4.69) is 17.6 Å². The summed E-state index contributed by atoms with van der Waals surface area (Å²) in [7, 11) is 0. The van der Waals surface area contributed by atoms with E-state index < -0.39 is 0 Å². The van der Waals surface area contributed by atoms with Crippen LogP contribution in [0.1, 0.15) is 71.7 Å². The molecular weight excluding hydrogens is 426 g/mol. The number of nitrogens with zero attached hydrogens (tertiary/aromatic N) is 1. The van der Waals surface area contributed by atoms with Gasteiger partial charge in [-0.25, -0.2) is 0 Å². The number of piperidine rings is 1. The third-order valence-corrected chi connectivity index (χ3v) is 7.21. The van der Waals surface area contributed by atoms with E-state index >= 15 is 0 Å². The van der Waals surface area contributed by atoms with E-state index in [0.29, 0.717) is 37.1 Å². The first kappa shape index (κ1) is 24.0. The second-order valence-corrected chi connectivity index (χ2v) is 9.46. The maximum atomic E-state index is 13.1. The number of carbonyl (C=O) groups is 3. The minimum Gasteiger partial charge on any atom is -0.351 e. The Morgan fingerprint density at radius 3 is 2.03 bits per heavy atom. The summed E-state index contributed by atoms with van der Waals surface area (Å²) in [6, 6.07) is 16.9. The Bertz CT molecular complexity index is 982. The van der Waals surface area contributed by atoms with Crippen molar-refractivity contribution in [3.8, 4) is 0 Å². The maximum absolute atomic E-state index is 13.1. The van der Waals surface area contributed by atoms with Gasteiger partial charge >= 0.3 is 0 Å². The SMILES string of the molecule is CCc1ccc(C(=O)N2CCC(C(=O)N[C@@H]3CCCC[C@H]3NC(=O)c3ccccc3)CC2)cc1. The minimum absolute atomic E-state index is 0.0393. The van der Waals surface area contributed by atoms with Crippen LogP contribution in [0, 0.1) is 5.92 Å². The zero-order valence-electron chi connectivity index (χ0n) is 20.0. The zero-order chi connectivity index (χ0) is 23.9. The fourth-order valence-corrected chi connectivity index (χ4v) is 5.03. The van der Waals surface area contributed by atoms with Crippen molar-refractivity contribution < 1.29 is 14.4 Å². The van der Waals surface area contributed by atoms with Crippen molar-refractivity contribution >= 4 is 17.7 Å². The number of hydrogen-bond donors (Lipinski definition) is 2. The van der Waals surface area contributed by atoms with Gasteiger partial charge in [0.25, 0.3) is 11.8 Å². The smallest absolute Gasteiger partial charge is 0.253 e. The second kappa shape index (κ2) is 11.3. The molecule has 3 amide bonds. The summed E-state index contributed by atoms with van der Waals surface area (Å²) in [4.78, 5) is 40.4. The van der Waals surface area contributed by atoms with Crippen molar-refractivity contribution in [2.24, 2.45) is 5.92 Å². The molecule has 2 atom stereocenters. The lowest BCUT2D eigenvalue weighted by Crippen LogP contribution is -2.55. The highest BCUT2D eigenvalue weighted by Crippen LogP contribution is 2.23. The van der Waals surface area contributed by atoms with Gasteiger partial charge in [-0.15, -0.1) is 0 Å². The number of hydrogen-bond acceptors (Lipinski definition) is 3. The summed E-state index contributed by atoms with van der Waals surface area (Å²) in [5, 5.41) is 6.36. The molecule has 2 fully saturated rings. The molecule has 2 aromatic carbocycles. The predicted molar refractivity (Wildman–Crippen MR) is 133 cm³/mol. The molecule has 0 bridgehead atoms. The third-order valence-electron chi connectivity index (χ3n) is 7.21. The van der Waals surface area contributed by atoms with Gasteiger partial charge in [-0.3, -0.25) is 14.4 Å².